The molecular formula is C21H17ClN4O3S. The Bertz CT molecular complexity index is 1350. The first-order valence-corrected chi connectivity index (χ1v) is 10.3. The van der Waals surface area contributed by atoms with Crippen molar-refractivity contribution in [2.24, 2.45) is 0 Å². The molecule has 0 fully saturated rings. The Kier molecular flexibility index (Phi) is 5.52. The van der Waals surface area contributed by atoms with Crippen molar-refractivity contribution >= 4 is 45.6 Å². The number of thiazole rings is 1. The molecule has 0 atom stereocenters. The van der Waals surface area contributed by atoms with Gasteiger partial charge in [-0.3, -0.25) is 9.59 Å². The lowest BCUT2D eigenvalue weighted by Gasteiger charge is -2.10. The predicted molar refractivity (Wildman–Crippen MR) is 117 cm³/mol. The zero-order valence-corrected chi connectivity index (χ0v) is 17.8. The van der Waals surface area contributed by atoms with Gasteiger partial charge < -0.3 is 10.1 Å². The molecule has 0 spiro atoms. The molecule has 0 radical (unpaired) electrons. The second-order valence-electron chi connectivity index (χ2n) is 6.65. The van der Waals surface area contributed by atoms with E-state index >= 15 is 0 Å². The number of fused-ring (bicyclic) bond motifs is 1. The molecule has 1 N–H and O–H groups in total. The summed E-state index contributed by atoms with van der Waals surface area (Å²) in [5.74, 6) is 0.683. The quantitative estimate of drug-likeness (QED) is 0.515. The number of hydrogen-bond donors (Lipinski definition) is 1. The van der Waals surface area contributed by atoms with E-state index in [-0.39, 0.29) is 18.1 Å². The molecule has 2 aromatic heterocycles. The van der Waals surface area contributed by atoms with Crippen LogP contribution in [0.2, 0.25) is 5.02 Å². The number of nitrogens with zero attached hydrogens (tertiary/aromatic N) is 3. The normalized spacial score (nSPS) is 11.8. The maximum atomic E-state index is 12.5. The molecule has 152 valence electrons. The molecule has 0 bridgehead atoms. The number of rotatable bonds is 5. The maximum absolute atomic E-state index is 12.5. The lowest BCUT2D eigenvalue weighted by molar-refractivity contribution is -0.118. The van der Waals surface area contributed by atoms with E-state index in [4.69, 9.17) is 16.3 Å². The molecule has 0 unspecified atom stereocenters. The van der Waals surface area contributed by atoms with Crippen LogP contribution >= 0.6 is 22.9 Å². The average Bonchev–Trinajstić information content (AvgIpc) is 3.20. The van der Waals surface area contributed by atoms with Crippen LogP contribution < -0.4 is 20.1 Å². The molecule has 2 heterocycles. The Morgan fingerprint density at radius 2 is 2.00 bits per heavy atom. The van der Waals surface area contributed by atoms with Crippen LogP contribution in [0.4, 0.5) is 5.69 Å². The molecule has 9 heteroatoms. The van der Waals surface area contributed by atoms with E-state index < -0.39 is 0 Å². The fraction of sp³-hybridized carbons (Fsp3) is 0.143. The Balaban J connectivity index is 1.56. The van der Waals surface area contributed by atoms with E-state index in [1.807, 2.05) is 31.2 Å². The van der Waals surface area contributed by atoms with Gasteiger partial charge in [0.1, 0.15) is 11.6 Å². The summed E-state index contributed by atoms with van der Waals surface area (Å²) in [6.07, 6.45) is 1.66. The van der Waals surface area contributed by atoms with Crippen LogP contribution in [0.25, 0.3) is 11.0 Å². The summed E-state index contributed by atoms with van der Waals surface area (Å²) in [5, 5.41) is 7.36. The molecule has 7 nitrogen and oxygen atoms in total. The van der Waals surface area contributed by atoms with E-state index in [0.717, 1.165) is 5.56 Å². The van der Waals surface area contributed by atoms with E-state index in [1.165, 1.54) is 15.9 Å². The van der Waals surface area contributed by atoms with Crippen molar-refractivity contribution in [3.63, 3.8) is 0 Å². The SMILES string of the molecule is Cc1ccc(NC(=O)COc2ccc(Cl)cc2/C=c2\sc3nc(C)nn3c2=O)cc1. The smallest absolute Gasteiger partial charge is 0.291 e. The third kappa shape index (κ3) is 4.34. The number of benzene rings is 2. The molecule has 0 saturated carbocycles. The van der Waals surface area contributed by atoms with Crippen molar-refractivity contribution in [1.82, 2.24) is 14.6 Å². The minimum atomic E-state index is -0.293. The van der Waals surface area contributed by atoms with Gasteiger partial charge in [-0.1, -0.05) is 40.6 Å². The van der Waals surface area contributed by atoms with Gasteiger partial charge in [-0.25, -0.2) is 4.98 Å². The fourth-order valence-electron chi connectivity index (χ4n) is 2.81. The van der Waals surface area contributed by atoms with Gasteiger partial charge in [0.2, 0.25) is 4.96 Å². The van der Waals surface area contributed by atoms with Crippen LogP contribution in [0.5, 0.6) is 5.75 Å². The number of halogens is 1. The second kappa shape index (κ2) is 8.25. The zero-order valence-electron chi connectivity index (χ0n) is 16.2. The summed E-state index contributed by atoms with van der Waals surface area (Å²) in [5.41, 5.74) is 2.12. The van der Waals surface area contributed by atoms with E-state index in [1.54, 1.807) is 31.2 Å². The monoisotopic (exact) mass is 440 g/mol. The van der Waals surface area contributed by atoms with Crippen molar-refractivity contribution in [2.75, 3.05) is 11.9 Å². The van der Waals surface area contributed by atoms with E-state index in [2.05, 4.69) is 15.4 Å². The molecule has 0 aliphatic heterocycles. The van der Waals surface area contributed by atoms with Gasteiger partial charge in [0.25, 0.3) is 11.5 Å². The summed E-state index contributed by atoms with van der Waals surface area (Å²) in [6, 6.07) is 12.5. The summed E-state index contributed by atoms with van der Waals surface area (Å²) >= 11 is 7.35. The highest BCUT2D eigenvalue weighted by molar-refractivity contribution is 7.15. The molecule has 30 heavy (non-hydrogen) atoms. The molecule has 1 amide bonds. The Hall–Kier alpha value is -3.23. The number of ether oxygens (including phenoxy) is 1. The third-order valence-electron chi connectivity index (χ3n) is 4.24. The van der Waals surface area contributed by atoms with Crippen LogP contribution in [0.3, 0.4) is 0 Å². The van der Waals surface area contributed by atoms with Crippen LogP contribution in [-0.2, 0) is 4.79 Å². The molecule has 0 aliphatic rings. The first kappa shape index (κ1) is 20.1. The summed E-state index contributed by atoms with van der Waals surface area (Å²) < 4.78 is 7.41. The topological polar surface area (TPSA) is 85.6 Å². The van der Waals surface area contributed by atoms with Gasteiger partial charge in [0, 0.05) is 16.3 Å². The highest BCUT2D eigenvalue weighted by Gasteiger charge is 2.11. The molecule has 0 aliphatic carbocycles. The fourth-order valence-corrected chi connectivity index (χ4v) is 3.94. The number of carbonyl (C=O) groups excluding carboxylic acids is 1. The van der Waals surface area contributed by atoms with Gasteiger partial charge in [-0.05, 0) is 50.3 Å². The lowest BCUT2D eigenvalue weighted by atomic mass is 10.2. The number of aromatic nitrogens is 3. The Labute approximate surface area is 180 Å². The third-order valence-corrected chi connectivity index (χ3v) is 5.43. The van der Waals surface area contributed by atoms with Crippen molar-refractivity contribution in [1.29, 1.82) is 0 Å². The molecule has 0 saturated heterocycles. The molecule has 4 rings (SSSR count). The highest BCUT2D eigenvalue weighted by Crippen LogP contribution is 2.24. The number of carbonyl (C=O) groups is 1. The van der Waals surface area contributed by atoms with Gasteiger partial charge >= 0.3 is 0 Å². The van der Waals surface area contributed by atoms with Crippen LogP contribution in [0.1, 0.15) is 17.0 Å². The van der Waals surface area contributed by atoms with Crippen LogP contribution in [-0.4, -0.2) is 27.1 Å². The Morgan fingerprint density at radius 1 is 1.23 bits per heavy atom. The van der Waals surface area contributed by atoms with Crippen molar-refractivity contribution in [3.05, 3.63) is 79.3 Å². The van der Waals surface area contributed by atoms with E-state index in [9.17, 15) is 9.59 Å². The number of amides is 1. The second-order valence-corrected chi connectivity index (χ2v) is 8.10. The van der Waals surface area contributed by atoms with Gasteiger partial charge in [-0.2, -0.15) is 4.52 Å². The van der Waals surface area contributed by atoms with Gasteiger partial charge in [0.15, 0.2) is 6.61 Å². The summed E-state index contributed by atoms with van der Waals surface area (Å²) in [6.45, 7) is 3.52. The molecule has 2 aromatic carbocycles. The lowest BCUT2D eigenvalue weighted by Crippen LogP contribution is -2.24. The summed E-state index contributed by atoms with van der Waals surface area (Å²) in [7, 11) is 0. The zero-order chi connectivity index (χ0) is 21.3. The van der Waals surface area contributed by atoms with Crippen LogP contribution in [0, 0.1) is 13.8 Å². The van der Waals surface area contributed by atoms with Crippen LogP contribution in [0.15, 0.2) is 47.3 Å². The summed E-state index contributed by atoms with van der Waals surface area (Å²) in [4.78, 5) is 29.5. The first-order chi connectivity index (χ1) is 14.4. The maximum Gasteiger partial charge on any atom is 0.291 e. The number of aryl methyl sites for hydroxylation is 2. The van der Waals surface area contributed by atoms with Gasteiger partial charge in [0.05, 0.1) is 4.53 Å². The van der Waals surface area contributed by atoms with Crippen molar-refractivity contribution < 1.29 is 9.53 Å². The largest absolute Gasteiger partial charge is 0.483 e. The average molecular weight is 441 g/mol. The highest BCUT2D eigenvalue weighted by atomic mass is 35.5. The molecule has 4 aromatic rings. The minimum absolute atomic E-state index is 0.185. The predicted octanol–water partition coefficient (Wildman–Crippen LogP) is 2.99. The van der Waals surface area contributed by atoms with Crippen molar-refractivity contribution in [2.45, 2.75) is 13.8 Å². The standard InChI is InChI=1S/C21H17ClN4O3S/c1-12-3-6-16(7-4-12)24-19(27)11-29-17-8-5-15(22)9-14(17)10-18-20(28)26-21(30-18)23-13(2)25-26/h3-10H,11H2,1-2H3,(H,24,27)/b18-10-. The van der Waals surface area contributed by atoms with Crippen molar-refractivity contribution in [3.8, 4) is 5.75 Å². The molecular weight excluding hydrogens is 424 g/mol. The minimum Gasteiger partial charge on any atom is -0.483 e. The first-order valence-electron chi connectivity index (χ1n) is 9.06. The Morgan fingerprint density at radius 3 is 2.73 bits per heavy atom. The number of hydrogen-bond acceptors (Lipinski definition) is 6. The number of nitrogens with one attached hydrogen (secondary N) is 1. The van der Waals surface area contributed by atoms with E-state index in [0.29, 0.717) is 37.3 Å². The van der Waals surface area contributed by atoms with Gasteiger partial charge in [-0.15, -0.1) is 5.10 Å². The number of anilines is 1.